The third kappa shape index (κ3) is 1.60. The fourth-order valence-electron chi connectivity index (χ4n) is 1.68. The Labute approximate surface area is 90.7 Å². The number of nitriles is 1. The molecule has 1 aliphatic carbocycles. The van der Waals surface area contributed by atoms with Gasteiger partial charge in [-0.25, -0.2) is 13.2 Å². The first-order valence-corrected chi connectivity index (χ1v) is 4.91. The topological polar surface area (TPSA) is 35.8 Å². The highest BCUT2D eigenvalue weighted by molar-refractivity contribution is 5.51. The lowest BCUT2D eigenvalue weighted by atomic mass is 9.78. The van der Waals surface area contributed by atoms with Gasteiger partial charge in [0.05, 0.1) is 6.07 Å². The molecule has 1 aliphatic rings. The van der Waals surface area contributed by atoms with Gasteiger partial charge in [-0.3, -0.25) is 0 Å². The Morgan fingerprint density at radius 3 is 2.31 bits per heavy atom. The fourth-order valence-corrected chi connectivity index (χ4v) is 1.68. The van der Waals surface area contributed by atoms with Crippen molar-refractivity contribution in [3.05, 3.63) is 29.6 Å². The predicted octanol–water partition coefficient (Wildman–Crippen LogP) is 2.96. The first-order valence-electron chi connectivity index (χ1n) is 4.91. The van der Waals surface area contributed by atoms with Gasteiger partial charge >= 0.3 is 0 Å². The smallest absolute Gasteiger partial charge is 0.184 e. The minimum Gasteiger partial charge on any atom is -0.362 e. The number of nitrogens with one attached hydrogen (secondary N) is 1. The molecule has 0 spiro atoms. The molecule has 0 heterocycles. The van der Waals surface area contributed by atoms with E-state index < -0.39 is 28.7 Å². The fraction of sp³-hybridized carbons (Fsp3) is 0.364. The van der Waals surface area contributed by atoms with E-state index in [-0.39, 0.29) is 0 Å². The molecule has 0 aromatic heterocycles. The van der Waals surface area contributed by atoms with E-state index in [9.17, 15) is 13.2 Å². The van der Waals surface area contributed by atoms with E-state index in [2.05, 4.69) is 5.32 Å². The van der Waals surface area contributed by atoms with Gasteiger partial charge in [0, 0.05) is 0 Å². The second kappa shape index (κ2) is 3.71. The predicted molar refractivity (Wildman–Crippen MR) is 52.1 cm³/mol. The van der Waals surface area contributed by atoms with Crippen LogP contribution in [0.1, 0.15) is 19.3 Å². The van der Waals surface area contributed by atoms with E-state index in [1.807, 2.05) is 6.07 Å². The molecule has 0 unspecified atom stereocenters. The van der Waals surface area contributed by atoms with Crippen molar-refractivity contribution < 1.29 is 13.2 Å². The van der Waals surface area contributed by atoms with Gasteiger partial charge < -0.3 is 5.32 Å². The van der Waals surface area contributed by atoms with E-state index in [0.717, 1.165) is 18.6 Å². The van der Waals surface area contributed by atoms with Crippen LogP contribution in [0.25, 0.3) is 0 Å². The second-order valence-electron chi connectivity index (χ2n) is 3.89. The molecule has 1 aromatic carbocycles. The number of hydrogen-bond donors (Lipinski definition) is 1. The summed E-state index contributed by atoms with van der Waals surface area (Å²) < 4.78 is 39.5. The molecule has 1 aromatic rings. The molecule has 0 amide bonds. The normalized spacial score (nSPS) is 17.4. The molecular weight excluding hydrogens is 217 g/mol. The van der Waals surface area contributed by atoms with E-state index in [1.54, 1.807) is 0 Å². The van der Waals surface area contributed by atoms with Crippen LogP contribution in [-0.2, 0) is 0 Å². The van der Waals surface area contributed by atoms with E-state index >= 15 is 0 Å². The van der Waals surface area contributed by atoms with Crippen LogP contribution in [0.2, 0.25) is 0 Å². The summed E-state index contributed by atoms with van der Waals surface area (Å²) >= 11 is 0. The van der Waals surface area contributed by atoms with Crippen molar-refractivity contribution in [2.24, 2.45) is 0 Å². The van der Waals surface area contributed by atoms with Crippen molar-refractivity contribution in [1.82, 2.24) is 0 Å². The van der Waals surface area contributed by atoms with Gasteiger partial charge in [-0.05, 0) is 31.4 Å². The van der Waals surface area contributed by atoms with Crippen molar-refractivity contribution in [3.8, 4) is 6.07 Å². The Morgan fingerprint density at radius 1 is 1.19 bits per heavy atom. The lowest BCUT2D eigenvalue weighted by molar-refractivity contribution is 0.352. The Kier molecular flexibility index (Phi) is 2.50. The number of hydrogen-bond acceptors (Lipinski definition) is 2. The van der Waals surface area contributed by atoms with Crippen LogP contribution in [0.3, 0.4) is 0 Å². The maximum absolute atomic E-state index is 13.3. The van der Waals surface area contributed by atoms with Crippen molar-refractivity contribution >= 4 is 5.69 Å². The lowest BCUT2D eigenvalue weighted by Gasteiger charge is -2.36. The number of benzene rings is 1. The molecule has 1 N–H and O–H groups in total. The largest absolute Gasteiger partial charge is 0.362 e. The quantitative estimate of drug-likeness (QED) is 0.787. The molecule has 0 atom stereocenters. The van der Waals surface area contributed by atoms with Gasteiger partial charge in [-0.2, -0.15) is 5.26 Å². The maximum Gasteiger partial charge on any atom is 0.184 e. The Hall–Kier alpha value is -1.70. The molecule has 0 aliphatic heterocycles. The number of rotatable bonds is 2. The zero-order valence-electron chi connectivity index (χ0n) is 8.36. The maximum atomic E-state index is 13.3. The van der Waals surface area contributed by atoms with Gasteiger partial charge in [-0.15, -0.1) is 0 Å². The first-order chi connectivity index (χ1) is 7.58. The van der Waals surface area contributed by atoms with Crippen molar-refractivity contribution in [3.63, 3.8) is 0 Å². The van der Waals surface area contributed by atoms with Crippen molar-refractivity contribution in [2.45, 2.75) is 24.8 Å². The molecule has 2 rings (SSSR count). The zero-order valence-corrected chi connectivity index (χ0v) is 8.36. The third-order valence-electron chi connectivity index (χ3n) is 2.83. The number of nitrogens with zero attached hydrogens (tertiary/aromatic N) is 1. The molecule has 0 saturated heterocycles. The monoisotopic (exact) mass is 226 g/mol. The van der Waals surface area contributed by atoms with Crippen LogP contribution >= 0.6 is 0 Å². The van der Waals surface area contributed by atoms with Crippen LogP contribution in [0.15, 0.2) is 12.1 Å². The average Bonchev–Trinajstić information content (AvgIpc) is 2.22. The summed E-state index contributed by atoms with van der Waals surface area (Å²) in [6, 6.07) is 3.53. The molecule has 0 bridgehead atoms. The minimum absolute atomic E-state index is 0.513. The lowest BCUT2D eigenvalue weighted by Crippen LogP contribution is -2.44. The van der Waals surface area contributed by atoms with Crippen molar-refractivity contribution in [1.29, 1.82) is 5.26 Å². The molecule has 1 saturated carbocycles. The highest BCUT2D eigenvalue weighted by atomic mass is 19.2. The molecule has 2 nitrogen and oxygen atoms in total. The highest BCUT2D eigenvalue weighted by Crippen LogP contribution is 2.36. The van der Waals surface area contributed by atoms with Crippen LogP contribution in [-0.4, -0.2) is 5.54 Å². The van der Waals surface area contributed by atoms with E-state index in [0.29, 0.717) is 12.8 Å². The summed E-state index contributed by atoms with van der Waals surface area (Å²) in [4.78, 5) is 0. The van der Waals surface area contributed by atoms with Crippen LogP contribution in [0, 0.1) is 28.8 Å². The van der Waals surface area contributed by atoms with Gasteiger partial charge in [0.15, 0.2) is 11.6 Å². The second-order valence-corrected chi connectivity index (χ2v) is 3.89. The molecule has 0 radical (unpaired) electrons. The number of halogens is 3. The molecule has 16 heavy (non-hydrogen) atoms. The standard InChI is InChI=1S/C11H9F3N2/c12-7-2-3-8(13)10(9(7)14)16-11(6-15)4-1-5-11/h2-3,16H,1,4-5H2. The summed E-state index contributed by atoms with van der Waals surface area (Å²) in [6.45, 7) is 0. The minimum atomic E-state index is -1.28. The third-order valence-corrected chi connectivity index (χ3v) is 2.83. The Morgan fingerprint density at radius 2 is 1.81 bits per heavy atom. The SMILES string of the molecule is N#CC1(Nc2c(F)ccc(F)c2F)CCC1. The Bertz CT molecular complexity index is 461. The van der Waals surface area contributed by atoms with Crippen LogP contribution < -0.4 is 5.32 Å². The molecule has 84 valence electrons. The van der Waals surface area contributed by atoms with E-state index in [4.69, 9.17) is 5.26 Å². The van der Waals surface area contributed by atoms with Gasteiger partial charge in [0.25, 0.3) is 0 Å². The summed E-state index contributed by atoms with van der Waals surface area (Å²) in [5.74, 6) is -3.29. The molecule has 1 fully saturated rings. The average molecular weight is 226 g/mol. The summed E-state index contributed by atoms with van der Waals surface area (Å²) in [5, 5.41) is 11.4. The number of anilines is 1. The highest BCUT2D eigenvalue weighted by Gasteiger charge is 2.38. The molecular formula is C11H9F3N2. The molecule has 5 heteroatoms. The summed E-state index contributed by atoms with van der Waals surface area (Å²) in [5.41, 5.74) is -1.50. The van der Waals surface area contributed by atoms with Crippen LogP contribution in [0.5, 0.6) is 0 Å². The first kappa shape index (κ1) is 10.8. The van der Waals surface area contributed by atoms with E-state index in [1.165, 1.54) is 0 Å². The van der Waals surface area contributed by atoms with Gasteiger partial charge in [-0.1, -0.05) is 0 Å². The zero-order chi connectivity index (χ0) is 11.8. The van der Waals surface area contributed by atoms with Gasteiger partial charge in [0.2, 0.25) is 0 Å². The van der Waals surface area contributed by atoms with Crippen LogP contribution in [0.4, 0.5) is 18.9 Å². The Balaban J connectivity index is 2.35. The summed E-state index contributed by atoms with van der Waals surface area (Å²) in [6.07, 6.45) is 1.84. The van der Waals surface area contributed by atoms with Crippen molar-refractivity contribution in [2.75, 3.05) is 5.32 Å². The van der Waals surface area contributed by atoms with Gasteiger partial charge in [0.1, 0.15) is 17.0 Å². The summed E-state index contributed by atoms with van der Waals surface area (Å²) in [7, 11) is 0.